The quantitative estimate of drug-likeness (QED) is 0.378. The first-order chi connectivity index (χ1) is 13.5. The number of halogens is 2. The van der Waals surface area contributed by atoms with Crippen molar-refractivity contribution in [3.8, 4) is 0 Å². The third-order valence-electron chi connectivity index (χ3n) is 4.60. The van der Waals surface area contributed by atoms with E-state index in [4.69, 9.17) is 16.3 Å². The van der Waals surface area contributed by atoms with Crippen LogP contribution in [0.3, 0.4) is 0 Å². The number of ether oxygens (including phenoxy) is 1. The van der Waals surface area contributed by atoms with E-state index in [-0.39, 0.29) is 11.7 Å². The van der Waals surface area contributed by atoms with E-state index in [1.165, 1.54) is 6.07 Å². The van der Waals surface area contributed by atoms with E-state index in [9.17, 15) is 9.18 Å². The van der Waals surface area contributed by atoms with Crippen molar-refractivity contribution in [1.29, 1.82) is 0 Å². The van der Waals surface area contributed by atoms with E-state index in [0.29, 0.717) is 43.2 Å². The Labute approximate surface area is 170 Å². The average Bonchev–Trinajstić information content (AvgIpc) is 2.68. The zero-order valence-corrected chi connectivity index (χ0v) is 17.3. The molecule has 156 valence electrons. The van der Waals surface area contributed by atoms with Crippen molar-refractivity contribution in [2.75, 3.05) is 66.6 Å². The van der Waals surface area contributed by atoms with Gasteiger partial charge in [0, 0.05) is 64.0 Å². The lowest BCUT2D eigenvalue weighted by molar-refractivity contribution is -0.122. The number of piperazine rings is 1. The number of benzene rings is 1. The van der Waals surface area contributed by atoms with E-state index in [1.54, 1.807) is 26.3 Å². The summed E-state index contributed by atoms with van der Waals surface area (Å²) in [6, 6.07) is 4.71. The summed E-state index contributed by atoms with van der Waals surface area (Å²) < 4.78 is 18.8. The Morgan fingerprint density at radius 2 is 2.00 bits per heavy atom. The van der Waals surface area contributed by atoms with Crippen LogP contribution >= 0.6 is 11.6 Å². The van der Waals surface area contributed by atoms with Gasteiger partial charge in [-0.3, -0.25) is 14.7 Å². The highest BCUT2D eigenvalue weighted by Crippen LogP contribution is 2.19. The maximum absolute atomic E-state index is 13.9. The van der Waals surface area contributed by atoms with Gasteiger partial charge in [0.2, 0.25) is 5.91 Å². The summed E-state index contributed by atoms with van der Waals surface area (Å²) in [5, 5.41) is 6.54. The number of nitrogens with zero attached hydrogens (tertiary/aromatic N) is 3. The molecule has 2 N–H and O–H groups in total. The molecule has 28 heavy (non-hydrogen) atoms. The fourth-order valence-corrected chi connectivity index (χ4v) is 3.33. The highest BCUT2D eigenvalue weighted by Gasteiger charge is 2.21. The molecule has 1 aliphatic heterocycles. The maximum Gasteiger partial charge on any atom is 0.234 e. The van der Waals surface area contributed by atoms with Gasteiger partial charge in [0.1, 0.15) is 5.82 Å². The number of amides is 1. The molecule has 1 saturated heterocycles. The summed E-state index contributed by atoms with van der Waals surface area (Å²) in [6.07, 6.45) is 0.478. The molecule has 1 aliphatic rings. The van der Waals surface area contributed by atoms with Gasteiger partial charge in [0.15, 0.2) is 5.96 Å². The smallest absolute Gasteiger partial charge is 0.234 e. The van der Waals surface area contributed by atoms with Crippen molar-refractivity contribution in [3.63, 3.8) is 0 Å². The Morgan fingerprint density at radius 1 is 1.25 bits per heavy atom. The Hall–Kier alpha value is -1.90. The third-order valence-corrected chi connectivity index (χ3v) is 4.95. The van der Waals surface area contributed by atoms with Gasteiger partial charge in [-0.2, -0.15) is 0 Å². The Balaban J connectivity index is 1.73. The van der Waals surface area contributed by atoms with Crippen LogP contribution in [-0.2, 0) is 16.0 Å². The van der Waals surface area contributed by atoms with Crippen LogP contribution in [0.4, 0.5) is 4.39 Å². The molecular weight excluding hydrogens is 385 g/mol. The number of methoxy groups -OCH3 is 1. The molecule has 1 amide bonds. The second-order valence-electron chi connectivity index (χ2n) is 6.53. The SMILES string of the molecule is CN=C(NCCc1c(F)cccc1Cl)N1CCN(CC(=O)NCCOC)CC1. The topological polar surface area (TPSA) is 69.2 Å². The molecule has 1 aromatic rings. The number of carbonyl (C=O) groups is 1. The van der Waals surface area contributed by atoms with Gasteiger partial charge in [0.05, 0.1) is 13.2 Å². The fourth-order valence-electron chi connectivity index (χ4n) is 3.07. The zero-order valence-electron chi connectivity index (χ0n) is 16.5. The largest absolute Gasteiger partial charge is 0.383 e. The van der Waals surface area contributed by atoms with E-state index >= 15 is 0 Å². The van der Waals surface area contributed by atoms with Gasteiger partial charge in [-0.1, -0.05) is 17.7 Å². The molecule has 0 bridgehead atoms. The van der Waals surface area contributed by atoms with Crippen molar-refractivity contribution in [1.82, 2.24) is 20.4 Å². The van der Waals surface area contributed by atoms with Crippen LogP contribution in [0.2, 0.25) is 5.02 Å². The van der Waals surface area contributed by atoms with Gasteiger partial charge >= 0.3 is 0 Å². The normalized spacial score (nSPS) is 15.6. The lowest BCUT2D eigenvalue weighted by Gasteiger charge is -2.36. The lowest BCUT2D eigenvalue weighted by atomic mass is 10.1. The number of rotatable bonds is 8. The third kappa shape index (κ3) is 6.92. The highest BCUT2D eigenvalue weighted by atomic mass is 35.5. The predicted octanol–water partition coefficient (Wildman–Crippen LogP) is 0.977. The van der Waals surface area contributed by atoms with E-state index < -0.39 is 0 Å². The number of guanidine groups is 1. The van der Waals surface area contributed by atoms with Crippen molar-refractivity contribution in [3.05, 3.63) is 34.6 Å². The van der Waals surface area contributed by atoms with Crippen LogP contribution in [0.1, 0.15) is 5.56 Å². The standard InChI is InChI=1S/C19H29ClFN5O2/c1-22-19(24-7-6-15-16(20)4-3-5-17(15)21)26-11-9-25(10-12-26)14-18(27)23-8-13-28-2/h3-5H,6-14H2,1-2H3,(H,22,24)(H,23,27). The Kier molecular flexibility index (Phi) is 9.46. The minimum absolute atomic E-state index is 0.00905. The molecule has 0 spiro atoms. The molecule has 0 aliphatic carbocycles. The summed E-state index contributed by atoms with van der Waals surface area (Å²) in [4.78, 5) is 20.5. The lowest BCUT2D eigenvalue weighted by Crippen LogP contribution is -2.54. The Bertz CT molecular complexity index is 645. The first kappa shape index (κ1) is 22.4. The van der Waals surface area contributed by atoms with Crippen molar-refractivity contribution < 1.29 is 13.9 Å². The van der Waals surface area contributed by atoms with Crippen molar-refractivity contribution in [2.24, 2.45) is 4.99 Å². The molecule has 7 nitrogen and oxygen atoms in total. The second kappa shape index (κ2) is 11.8. The molecule has 0 saturated carbocycles. The number of carbonyl (C=O) groups excluding carboxylic acids is 1. The summed E-state index contributed by atoms with van der Waals surface area (Å²) in [5.74, 6) is 0.494. The van der Waals surface area contributed by atoms with Crippen LogP contribution in [-0.4, -0.2) is 88.2 Å². The fraction of sp³-hybridized carbons (Fsp3) is 0.579. The molecule has 1 aromatic carbocycles. The van der Waals surface area contributed by atoms with Crippen LogP contribution in [0.25, 0.3) is 0 Å². The van der Waals surface area contributed by atoms with E-state index in [0.717, 1.165) is 32.1 Å². The molecule has 1 fully saturated rings. The van der Waals surface area contributed by atoms with Gasteiger partial charge < -0.3 is 20.3 Å². The molecule has 2 rings (SSSR count). The number of hydrogen-bond donors (Lipinski definition) is 2. The van der Waals surface area contributed by atoms with Gasteiger partial charge in [-0.15, -0.1) is 0 Å². The van der Waals surface area contributed by atoms with Crippen LogP contribution in [0, 0.1) is 5.82 Å². The first-order valence-electron chi connectivity index (χ1n) is 9.41. The maximum atomic E-state index is 13.9. The molecule has 0 radical (unpaired) electrons. The summed E-state index contributed by atoms with van der Waals surface area (Å²) in [7, 11) is 3.34. The van der Waals surface area contributed by atoms with E-state index in [2.05, 4.69) is 25.4 Å². The average molecular weight is 414 g/mol. The molecule has 0 unspecified atom stereocenters. The van der Waals surface area contributed by atoms with Crippen molar-refractivity contribution >= 4 is 23.5 Å². The number of aliphatic imine (C=N–C) groups is 1. The highest BCUT2D eigenvalue weighted by molar-refractivity contribution is 6.31. The number of nitrogens with one attached hydrogen (secondary N) is 2. The van der Waals surface area contributed by atoms with Gasteiger partial charge in [-0.25, -0.2) is 4.39 Å². The molecule has 0 atom stereocenters. The predicted molar refractivity (Wildman–Crippen MR) is 109 cm³/mol. The minimum Gasteiger partial charge on any atom is -0.383 e. The summed E-state index contributed by atoms with van der Waals surface area (Å²) in [6.45, 7) is 5.05. The van der Waals surface area contributed by atoms with Crippen LogP contribution in [0.5, 0.6) is 0 Å². The van der Waals surface area contributed by atoms with Crippen LogP contribution in [0.15, 0.2) is 23.2 Å². The number of hydrogen-bond acceptors (Lipinski definition) is 4. The summed E-state index contributed by atoms with van der Waals surface area (Å²) >= 11 is 6.07. The molecule has 0 aromatic heterocycles. The molecule has 1 heterocycles. The molecule has 9 heteroatoms. The monoisotopic (exact) mass is 413 g/mol. The molecular formula is C19H29ClFN5O2. The second-order valence-corrected chi connectivity index (χ2v) is 6.94. The zero-order chi connectivity index (χ0) is 20.4. The van der Waals surface area contributed by atoms with E-state index in [1.807, 2.05) is 0 Å². The van der Waals surface area contributed by atoms with Gasteiger partial charge in [0.25, 0.3) is 0 Å². The van der Waals surface area contributed by atoms with Gasteiger partial charge in [-0.05, 0) is 18.6 Å². The Morgan fingerprint density at radius 3 is 2.64 bits per heavy atom. The van der Waals surface area contributed by atoms with Crippen molar-refractivity contribution in [2.45, 2.75) is 6.42 Å². The minimum atomic E-state index is -0.290. The van der Waals surface area contributed by atoms with Crippen LogP contribution < -0.4 is 10.6 Å². The summed E-state index contributed by atoms with van der Waals surface area (Å²) in [5.41, 5.74) is 0.511. The first-order valence-corrected chi connectivity index (χ1v) is 9.79.